The van der Waals surface area contributed by atoms with Crippen LogP contribution < -0.4 is 5.73 Å². The zero-order valence-electron chi connectivity index (χ0n) is 11.3. The molecule has 1 aliphatic rings. The normalized spacial score (nSPS) is 23.6. The van der Waals surface area contributed by atoms with Crippen molar-refractivity contribution in [2.24, 2.45) is 17.6 Å². The standard InChI is InChI=1S/C14H29NO2/c1-10(2)8-13(16)14(17)9-12(15)11-6-4-3-5-7-11/h10-14,16-17H,3-9,15H2,1-2H3/t12?,13-,14+/m1/s1. The molecule has 0 amide bonds. The molecule has 0 bridgehead atoms. The molecule has 4 N–H and O–H groups in total. The quantitative estimate of drug-likeness (QED) is 0.669. The Bertz CT molecular complexity index is 202. The number of hydrogen-bond donors (Lipinski definition) is 3. The summed E-state index contributed by atoms with van der Waals surface area (Å²) in [5.41, 5.74) is 6.15. The molecular weight excluding hydrogens is 214 g/mol. The molecule has 1 rings (SSSR count). The molecule has 0 heterocycles. The molecule has 102 valence electrons. The first-order valence-electron chi connectivity index (χ1n) is 7.12. The Hall–Kier alpha value is -0.120. The minimum Gasteiger partial charge on any atom is -0.390 e. The van der Waals surface area contributed by atoms with Gasteiger partial charge in [0.15, 0.2) is 0 Å². The van der Waals surface area contributed by atoms with Crippen LogP contribution in [-0.2, 0) is 0 Å². The number of aliphatic hydroxyl groups excluding tert-OH is 2. The summed E-state index contributed by atoms with van der Waals surface area (Å²) in [5, 5.41) is 19.8. The largest absolute Gasteiger partial charge is 0.390 e. The highest BCUT2D eigenvalue weighted by molar-refractivity contribution is 4.81. The molecule has 1 saturated carbocycles. The van der Waals surface area contributed by atoms with E-state index in [0.717, 1.165) is 0 Å². The van der Waals surface area contributed by atoms with Crippen LogP contribution in [0.25, 0.3) is 0 Å². The fourth-order valence-corrected chi connectivity index (χ4v) is 2.83. The number of rotatable bonds is 6. The summed E-state index contributed by atoms with van der Waals surface area (Å²) >= 11 is 0. The zero-order chi connectivity index (χ0) is 12.8. The van der Waals surface area contributed by atoms with Gasteiger partial charge in [-0.3, -0.25) is 0 Å². The summed E-state index contributed by atoms with van der Waals surface area (Å²) in [7, 11) is 0. The van der Waals surface area contributed by atoms with Gasteiger partial charge in [-0.1, -0.05) is 33.1 Å². The molecule has 1 aliphatic carbocycles. The van der Waals surface area contributed by atoms with Crippen molar-refractivity contribution in [2.75, 3.05) is 0 Å². The molecule has 0 aliphatic heterocycles. The maximum Gasteiger partial charge on any atom is 0.0814 e. The predicted molar refractivity (Wildman–Crippen MR) is 70.6 cm³/mol. The Morgan fingerprint density at radius 2 is 1.53 bits per heavy atom. The molecule has 1 fully saturated rings. The smallest absolute Gasteiger partial charge is 0.0814 e. The van der Waals surface area contributed by atoms with Crippen LogP contribution in [0.5, 0.6) is 0 Å². The van der Waals surface area contributed by atoms with E-state index < -0.39 is 12.2 Å². The minimum atomic E-state index is -0.658. The van der Waals surface area contributed by atoms with Gasteiger partial charge in [-0.25, -0.2) is 0 Å². The second kappa shape index (κ2) is 7.34. The van der Waals surface area contributed by atoms with E-state index in [4.69, 9.17) is 5.73 Å². The first-order chi connectivity index (χ1) is 8.00. The van der Waals surface area contributed by atoms with Crippen LogP contribution in [0, 0.1) is 11.8 Å². The third-order valence-corrected chi connectivity index (χ3v) is 3.93. The molecule has 3 nitrogen and oxygen atoms in total. The van der Waals surface area contributed by atoms with Crippen LogP contribution in [0.3, 0.4) is 0 Å². The lowest BCUT2D eigenvalue weighted by Gasteiger charge is -2.30. The van der Waals surface area contributed by atoms with Gasteiger partial charge in [-0.15, -0.1) is 0 Å². The molecular formula is C14H29NO2. The molecule has 0 aromatic carbocycles. The fraction of sp³-hybridized carbons (Fsp3) is 1.00. The van der Waals surface area contributed by atoms with Crippen molar-refractivity contribution in [2.45, 2.75) is 77.0 Å². The summed E-state index contributed by atoms with van der Waals surface area (Å²) in [4.78, 5) is 0. The van der Waals surface area contributed by atoms with Gasteiger partial charge in [0, 0.05) is 6.04 Å². The van der Waals surface area contributed by atoms with E-state index in [1.807, 2.05) is 0 Å². The average molecular weight is 243 g/mol. The molecule has 0 aromatic rings. The van der Waals surface area contributed by atoms with E-state index in [2.05, 4.69) is 13.8 Å². The molecule has 0 radical (unpaired) electrons. The van der Waals surface area contributed by atoms with Crippen LogP contribution in [0.4, 0.5) is 0 Å². The Morgan fingerprint density at radius 1 is 1.00 bits per heavy atom. The minimum absolute atomic E-state index is 0.0483. The fourth-order valence-electron chi connectivity index (χ4n) is 2.83. The number of hydrogen-bond acceptors (Lipinski definition) is 3. The second-order valence-corrected chi connectivity index (χ2v) is 6.06. The van der Waals surface area contributed by atoms with Gasteiger partial charge in [-0.05, 0) is 37.5 Å². The Balaban J connectivity index is 2.30. The lowest BCUT2D eigenvalue weighted by molar-refractivity contribution is -0.00446. The third kappa shape index (κ3) is 5.36. The van der Waals surface area contributed by atoms with Crippen LogP contribution in [0.2, 0.25) is 0 Å². The number of nitrogens with two attached hydrogens (primary N) is 1. The lowest BCUT2D eigenvalue weighted by Crippen LogP contribution is -2.39. The van der Waals surface area contributed by atoms with Crippen molar-refractivity contribution >= 4 is 0 Å². The average Bonchev–Trinajstić information content (AvgIpc) is 2.29. The predicted octanol–water partition coefficient (Wildman–Crippen LogP) is 2.05. The molecule has 17 heavy (non-hydrogen) atoms. The Kier molecular flexibility index (Phi) is 6.45. The molecule has 0 aromatic heterocycles. The van der Waals surface area contributed by atoms with E-state index >= 15 is 0 Å². The highest BCUT2D eigenvalue weighted by atomic mass is 16.3. The van der Waals surface area contributed by atoms with Gasteiger partial charge in [0.1, 0.15) is 0 Å². The highest BCUT2D eigenvalue weighted by Gasteiger charge is 2.26. The van der Waals surface area contributed by atoms with Crippen LogP contribution in [0.1, 0.15) is 58.8 Å². The first-order valence-corrected chi connectivity index (χ1v) is 7.12. The maximum absolute atomic E-state index is 9.94. The van der Waals surface area contributed by atoms with Crippen molar-refractivity contribution in [1.29, 1.82) is 0 Å². The molecule has 3 heteroatoms. The summed E-state index contributed by atoms with van der Waals surface area (Å²) in [5.74, 6) is 0.954. The summed E-state index contributed by atoms with van der Waals surface area (Å²) in [6, 6.07) is 0.0483. The lowest BCUT2D eigenvalue weighted by atomic mass is 9.81. The van der Waals surface area contributed by atoms with Crippen LogP contribution in [0.15, 0.2) is 0 Å². The monoisotopic (exact) mass is 243 g/mol. The Morgan fingerprint density at radius 3 is 2.06 bits per heavy atom. The molecule has 1 unspecified atom stereocenters. The third-order valence-electron chi connectivity index (χ3n) is 3.93. The van der Waals surface area contributed by atoms with Crippen molar-refractivity contribution in [3.63, 3.8) is 0 Å². The maximum atomic E-state index is 9.94. The first kappa shape index (κ1) is 14.9. The van der Waals surface area contributed by atoms with Gasteiger partial charge in [-0.2, -0.15) is 0 Å². The van der Waals surface area contributed by atoms with E-state index in [1.54, 1.807) is 0 Å². The Labute approximate surface area is 105 Å². The van der Waals surface area contributed by atoms with Gasteiger partial charge in [0.2, 0.25) is 0 Å². The zero-order valence-corrected chi connectivity index (χ0v) is 11.3. The van der Waals surface area contributed by atoms with E-state index in [-0.39, 0.29) is 6.04 Å². The number of aliphatic hydroxyl groups is 2. The van der Waals surface area contributed by atoms with Crippen molar-refractivity contribution < 1.29 is 10.2 Å². The van der Waals surface area contributed by atoms with Crippen molar-refractivity contribution in [3.8, 4) is 0 Å². The molecule has 3 atom stereocenters. The van der Waals surface area contributed by atoms with E-state index in [1.165, 1.54) is 32.1 Å². The van der Waals surface area contributed by atoms with Gasteiger partial charge in [0.05, 0.1) is 12.2 Å². The van der Waals surface area contributed by atoms with E-state index in [9.17, 15) is 10.2 Å². The summed E-state index contributed by atoms with van der Waals surface area (Å²) in [6.45, 7) is 4.11. The second-order valence-electron chi connectivity index (χ2n) is 6.06. The van der Waals surface area contributed by atoms with Crippen LogP contribution in [-0.4, -0.2) is 28.5 Å². The molecule has 0 spiro atoms. The highest BCUT2D eigenvalue weighted by Crippen LogP contribution is 2.27. The van der Waals surface area contributed by atoms with Crippen molar-refractivity contribution in [1.82, 2.24) is 0 Å². The van der Waals surface area contributed by atoms with Gasteiger partial charge >= 0.3 is 0 Å². The topological polar surface area (TPSA) is 66.5 Å². The van der Waals surface area contributed by atoms with Gasteiger partial charge in [0.25, 0.3) is 0 Å². The summed E-state index contributed by atoms with van der Waals surface area (Å²) < 4.78 is 0. The molecule has 0 saturated heterocycles. The van der Waals surface area contributed by atoms with Gasteiger partial charge < -0.3 is 15.9 Å². The van der Waals surface area contributed by atoms with E-state index in [0.29, 0.717) is 24.7 Å². The van der Waals surface area contributed by atoms with Crippen LogP contribution >= 0.6 is 0 Å². The van der Waals surface area contributed by atoms with Crippen molar-refractivity contribution in [3.05, 3.63) is 0 Å². The summed E-state index contributed by atoms with van der Waals surface area (Å²) in [6.07, 6.45) is 6.15. The SMILES string of the molecule is CC(C)C[C@@H](O)[C@@H](O)CC(N)C1CCCCC1.